The van der Waals surface area contributed by atoms with Gasteiger partial charge in [-0.1, -0.05) is 55.2 Å². The number of carbonyl (C=O) groups excluding carboxylic acids is 1. The summed E-state index contributed by atoms with van der Waals surface area (Å²) in [5, 5.41) is 0. The molecule has 1 aromatic rings. The van der Waals surface area contributed by atoms with Crippen LogP contribution in [0.1, 0.15) is 75.0 Å². The van der Waals surface area contributed by atoms with Gasteiger partial charge in [0.15, 0.2) is 0 Å². The molecule has 28 heavy (non-hydrogen) atoms. The number of likely N-dealkylation sites (N-methyl/N-ethyl adjacent to an activating group) is 1. The summed E-state index contributed by atoms with van der Waals surface area (Å²) in [7, 11) is 2.11. The second-order valence-electron chi connectivity index (χ2n) is 9.16. The van der Waals surface area contributed by atoms with Crippen LogP contribution in [0.4, 0.5) is 0 Å². The van der Waals surface area contributed by atoms with Gasteiger partial charge in [0.1, 0.15) is 0 Å². The third-order valence-electron chi connectivity index (χ3n) is 7.01. The predicted molar refractivity (Wildman–Crippen MR) is 115 cm³/mol. The molecule has 0 bridgehead atoms. The topological polar surface area (TPSA) is 23.6 Å². The van der Waals surface area contributed by atoms with Crippen LogP contribution in [0.5, 0.6) is 0 Å². The Morgan fingerprint density at radius 2 is 1.89 bits per heavy atom. The summed E-state index contributed by atoms with van der Waals surface area (Å²) < 4.78 is 0. The molecule has 1 heterocycles. The fourth-order valence-electron chi connectivity index (χ4n) is 5.61. The normalized spacial score (nSPS) is 23.4. The summed E-state index contributed by atoms with van der Waals surface area (Å²) in [5.41, 5.74) is 4.41. The third kappa shape index (κ3) is 4.51. The van der Waals surface area contributed by atoms with Crippen LogP contribution in [0.25, 0.3) is 0 Å². The summed E-state index contributed by atoms with van der Waals surface area (Å²) in [5.74, 6) is 0.953. The van der Waals surface area contributed by atoms with E-state index in [0.717, 1.165) is 19.5 Å². The monoisotopic (exact) mass is 380 g/mol. The first-order chi connectivity index (χ1) is 13.7. The number of allylic oxidation sites excluding steroid dienone is 1. The smallest absolute Gasteiger partial charge is 0.237 e. The second-order valence-corrected chi connectivity index (χ2v) is 9.16. The molecule has 0 spiro atoms. The molecule has 1 unspecified atom stereocenters. The number of rotatable bonds is 5. The Morgan fingerprint density at radius 3 is 2.68 bits per heavy atom. The van der Waals surface area contributed by atoms with Crippen molar-refractivity contribution in [3.8, 4) is 0 Å². The van der Waals surface area contributed by atoms with E-state index >= 15 is 0 Å². The number of nitrogens with zero attached hydrogens (tertiary/aromatic N) is 2. The highest BCUT2D eigenvalue weighted by atomic mass is 16.2. The Kier molecular flexibility index (Phi) is 6.51. The highest BCUT2D eigenvalue weighted by Gasteiger charge is 2.36. The van der Waals surface area contributed by atoms with Crippen molar-refractivity contribution in [2.75, 3.05) is 26.7 Å². The van der Waals surface area contributed by atoms with Gasteiger partial charge < -0.3 is 4.90 Å². The molecule has 3 nitrogen and oxygen atoms in total. The van der Waals surface area contributed by atoms with Crippen LogP contribution in [-0.4, -0.2) is 42.4 Å². The standard InChI is InChI=1S/C25H36N2O/c1-26(18-20-10-4-2-5-11-20)19-24(28)27-17-16-21-12-8-9-15-23(21)25(27)22-13-6-3-7-14-22/h8-10,12,15,22,25H,2-7,11,13-14,16-19H2,1H3. The zero-order valence-electron chi connectivity index (χ0n) is 17.5. The minimum absolute atomic E-state index is 0.292. The summed E-state index contributed by atoms with van der Waals surface area (Å²) in [6.07, 6.45) is 15.0. The second kappa shape index (κ2) is 9.26. The summed E-state index contributed by atoms with van der Waals surface area (Å²) in [6.45, 7) is 2.38. The summed E-state index contributed by atoms with van der Waals surface area (Å²) >= 11 is 0. The molecular formula is C25H36N2O. The lowest BCUT2D eigenvalue weighted by atomic mass is 9.77. The van der Waals surface area contributed by atoms with Gasteiger partial charge >= 0.3 is 0 Å². The number of fused-ring (bicyclic) bond motifs is 1. The molecule has 1 aliphatic heterocycles. The number of benzene rings is 1. The van der Waals surface area contributed by atoms with Crippen molar-refractivity contribution >= 4 is 5.91 Å². The van der Waals surface area contributed by atoms with Crippen molar-refractivity contribution in [1.82, 2.24) is 9.80 Å². The van der Waals surface area contributed by atoms with Crippen molar-refractivity contribution in [3.05, 3.63) is 47.0 Å². The lowest BCUT2D eigenvalue weighted by Gasteiger charge is -2.43. The maximum atomic E-state index is 13.4. The van der Waals surface area contributed by atoms with Crippen LogP contribution >= 0.6 is 0 Å². The highest BCUT2D eigenvalue weighted by molar-refractivity contribution is 5.79. The van der Waals surface area contributed by atoms with Crippen LogP contribution in [0.3, 0.4) is 0 Å². The molecule has 1 aromatic carbocycles. The fraction of sp³-hybridized carbons (Fsp3) is 0.640. The van der Waals surface area contributed by atoms with Gasteiger partial charge in [-0.3, -0.25) is 9.69 Å². The molecule has 1 amide bonds. The van der Waals surface area contributed by atoms with E-state index in [1.54, 1.807) is 0 Å². The SMILES string of the molecule is CN(CC(=O)N1CCc2ccccc2C1C1CCCCC1)CC1=CCCCC1. The Balaban J connectivity index is 1.48. The van der Waals surface area contributed by atoms with E-state index < -0.39 is 0 Å². The summed E-state index contributed by atoms with van der Waals surface area (Å²) in [4.78, 5) is 17.9. The average molecular weight is 381 g/mol. The van der Waals surface area contributed by atoms with E-state index in [2.05, 4.69) is 47.2 Å². The molecule has 1 saturated carbocycles. The lowest BCUT2D eigenvalue weighted by molar-refractivity contribution is -0.136. The minimum Gasteiger partial charge on any atom is -0.334 e. The molecule has 1 fully saturated rings. The van der Waals surface area contributed by atoms with E-state index in [0.29, 0.717) is 24.4 Å². The molecule has 1 atom stereocenters. The number of amides is 1. The highest BCUT2D eigenvalue weighted by Crippen LogP contribution is 2.42. The van der Waals surface area contributed by atoms with Gasteiger partial charge in [-0.15, -0.1) is 0 Å². The van der Waals surface area contributed by atoms with Crippen molar-refractivity contribution in [2.24, 2.45) is 5.92 Å². The first kappa shape index (κ1) is 19.7. The number of hydrogen-bond donors (Lipinski definition) is 0. The molecule has 152 valence electrons. The molecular weight excluding hydrogens is 344 g/mol. The van der Waals surface area contributed by atoms with Crippen LogP contribution in [0.15, 0.2) is 35.9 Å². The van der Waals surface area contributed by atoms with Crippen LogP contribution in [0, 0.1) is 5.92 Å². The Labute approximate surface area is 170 Å². The first-order valence-electron chi connectivity index (χ1n) is 11.5. The van der Waals surface area contributed by atoms with Gasteiger partial charge in [-0.25, -0.2) is 0 Å². The molecule has 4 rings (SSSR count). The molecule has 0 aromatic heterocycles. The van der Waals surface area contributed by atoms with Crippen LogP contribution in [0.2, 0.25) is 0 Å². The van der Waals surface area contributed by atoms with Gasteiger partial charge in [-0.2, -0.15) is 0 Å². The van der Waals surface area contributed by atoms with E-state index in [-0.39, 0.29) is 0 Å². The van der Waals surface area contributed by atoms with Gasteiger partial charge in [0.2, 0.25) is 5.91 Å². The van der Waals surface area contributed by atoms with Gasteiger partial charge in [0.25, 0.3) is 0 Å². The first-order valence-corrected chi connectivity index (χ1v) is 11.5. The molecule has 0 N–H and O–H groups in total. The van der Waals surface area contributed by atoms with E-state index in [1.165, 1.54) is 74.5 Å². The number of hydrogen-bond acceptors (Lipinski definition) is 2. The van der Waals surface area contributed by atoms with Crippen LogP contribution in [-0.2, 0) is 11.2 Å². The van der Waals surface area contributed by atoms with Gasteiger partial charge in [0.05, 0.1) is 12.6 Å². The molecule has 2 aliphatic carbocycles. The van der Waals surface area contributed by atoms with Crippen molar-refractivity contribution in [1.29, 1.82) is 0 Å². The van der Waals surface area contributed by atoms with Crippen molar-refractivity contribution in [2.45, 2.75) is 70.3 Å². The maximum absolute atomic E-state index is 13.4. The minimum atomic E-state index is 0.292. The maximum Gasteiger partial charge on any atom is 0.237 e. The zero-order valence-corrected chi connectivity index (χ0v) is 17.5. The molecule has 3 heteroatoms. The van der Waals surface area contributed by atoms with E-state index in [9.17, 15) is 4.79 Å². The average Bonchev–Trinajstić information content (AvgIpc) is 2.74. The molecule has 3 aliphatic rings. The fourth-order valence-corrected chi connectivity index (χ4v) is 5.61. The van der Waals surface area contributed by atoms with E-state index in [4.69, 9.17) is 0 Å². The Bertz CT molecular complexity index is 704. The van der Waals surface area contributed by atoms with Crippen molar-refractivity contribution in [3.63, 3.8) is 0 Å². The number of carbonyl (C=O) groups is 1. The largest absolute Gasteiger partial charge is 0.334 e. The van der Waals surface area contributed by atoms with E-state index in [1.807, 2.05) is 0 Å². The summed E-state index contributed by atoms with van der Waals surface area (Å²) in [6, 6.07) is 9.16. The quantitative estimate of drug-likeness (QED) is 0.662. The van der Waals surface area contributed by atoms with Crippen LogP contribution < -0.4 is 0 Å². The Hall–Kier alpha value is -1.61. The lowest BCUT2D eigenvalue weighted by Crippen LogP contribution is -2.47. The molecule has 0 saturated heterocycles. The third-order valence-corrected chi connectivity index (χ3v) is 7.01. The van der Waals surface area contributed by atoms with Gasteiger partial charge in [0, 0.05) is 13.1 Å². The van der Waals surface area contributed by atoms with Crippen molar-refractivity contribution < 1.29 is 4.79 Å². The Morgan fingerprint density at radius 1 is 1.07 bits per heavy atom. The zero-order chi connectivity index (χ0) is 19.3. The molecule has 0 radical (unpaired) electrons. The van der Waals surface area contributed by atoms with Gasteiger partial charge in [-0.05, 0) is 69.0 Å². The predicted octanol–water partition coefficient (Wildman–Crippen LogP) is 5.12.